The SMILES string of the molecule is N/C(F)=C(\c1cc(Cl)c(Br)cc1N)C1CC1. The number of nitrogen functional groups attached to an aromatic ring is 1. The fraction of sp³-hybridized carbons (Fsp3) is 0.273. The van der Waals surface area contributed by atoms with Gasteiger partial charge in [-0.1, -0.05) is 11.6 Å². The maximum absolute atomic E-state index is 13.3. The minimum absolute atomic E-state index is 0.185. The number of nitrogens with two attached hydrogens (primary N) is 2. The van der Waals surface area contributed by atoms with Crippen molar-refractivity contribution in [3.05, 3.63) is 33.1 Å². The number of benzene rings is 1. The molecule has 1 aliphatic carbocycles. The van der Waals surface area contributed by atoms with Crippen LogP contribution in [0, 0.1) is 5.92 Å². The van der Waals surface area contributed by atoms with Gasteiger partial charge in [-0.3, -0.25) is 0 Å². The maximum atomic E-state index is 13.3. The zero-order valence-corrected chi connectivity index (χ0v) is 10.8. The van der Waals surface area contributed by atoms with E-state index in [4.69, 9.17) is 23.1 Å². The van der Waals surface area contributed by atoms with Gasteiger partial charge in [0.05, 0.1) is 5.02 Å². The summed E-state index contributed by atoms with van der Waals surface area (Å²) in [4.78, 5) is 0. The standard InChI is InChI=1S/C11H11BrClFN2/c12-7-4-9(15)6(3-8(7)13)10(11(14)16)5-1-2-5/h3-5H,1-2,15-16H2/b11-10-. The first-order valence-electron chi connectivity index (χ1n) is 4.90. The molecule has 0 heterocycles. The maximum Gasteiger partial charge on any atom is 0.188 e. The Kier molecular flexibility index (Phi) is 3.13. The van der Waals surface area contributed by atoms with E-state index >= 15 is 0 Å². The third-order valence-corrected chi connectivity index (χ3v) is 3.82. The van der Waals surface area contributed by atoms with Gasteiger partial charge in [-0.25, -0.2) is 0 Å². The second kappa shape index (κ2) is 4.26. The van der Waals surface area contributed by atoms with E-state index in [0.29, 0.717) is 26.3 Å². The van der Waals surface area contributed by atoms with Crippen LogP contribution in [0.15, 0.2) is 22.6 Å². The molecular weight excluding hydrogens is 294 g/mol. The molecule has 1 saturated carbocycles. The lowest BCUT2D eigenvalue weighted by Gasteiger charge is -2.11. The lowest BCUT2D eigenvalue weighted by molar-refractivity contribution is 0.625. The van der Waals surface area contributed by atoms with Crippen LogP contribution in [0.25, 0.3) is 5.57 Å². The van der Waals surface area contributed by atoms with E-state index in [1.807, 2.05) is 0 Å². The predicted molar refractivity (Wildman–Crippen MR) is 68.5 cm³/mol. The summed E-state index contributed by atoms with van der Waals surface area (Å²) in [6, 6.07) is 3.32. The van der Waals surface area contributed by atoms with E-state index in [9.17, 15) is 4.39 Å². The summed E-state index contributed by atoms with van der Waals surface area (Å²) in [6.45, 7) is 0. The van der Waals surface area contributed by atoms with E-state index in [2.05, 4.69) is 15.9 Å². The van der Waals surface area contributed by atoms with Crippen molar-refractivity contribution in [2.24, 2.45) is 11.7 Å². The molecule has 2 nitrogen and oxygen atoms in total. The number of hydrogen-bond donors (Lipinski definition) is 2. The Morgan fingerprint density at radius 1 is 1.44 bits per heavy atom. The Hall–Kier alpha value is -0.740. The second-order valence-corrected chi connectivity index (χ2v) is 5.15. The number of halogens is 3. The molecular formula is C11H11BrClFN2. The van der Waals surface area contributed by atoms with E-state index in [-0.39, 0.29) is 5.92 Å². The number of hydrogen-bond acceptors (Lipinski definition) is 2. The molecule has 0 bridgehead atoms. The highest BCUT2D eigenvalue weighted by molar-refractivity contribution is 9.10. The Labute approximate surface area is 107 Å². The fourth-order valence-corrected chi connectivity index (χ4v) is 2.24. The quantitative estimate of drug-likeness (QED) is 0.647. The second-order valence-electron chi connectivity index (χ2n) is 3.89. The van der Waals surface area contributed by atoms with Crippen LogP contribution in [0.1, 0.15) is 18.4 Å². The first kappa shape index (κ1) is 11.7. The van der Waals surface area contributed by atoms with Gasteiger partial charge in [-0.05, 0) is 46.8 Å². The van der Waals surface area contributed by atoms with E-state index in [0.717, 1.165) is 12.8 Å². The summed E-state index contributed by atoms with van der Waals surface area (Å²) in [6.07, 6.45) is 1.90. The highest BCUT2D eigenvalue weighted by atomic mass is 79.9. The van der Waals surface area contributed by atoms with Gasteiger partial charge in [0.25, 0.3) is 0 Å². The third-order valence-electron chi connectivity index (χ3n) is 2.63. The molecule has 0 amide bonds. The summed E-state index contributed by atoms with van der Waals surface area (Å²) >= 11 is 9.24. The molecule has 0 aromatic heterocycles. The van der Waals surface area contributed by atoms with Gasteiger partial charge < -0.3 is 11.5 Å². The number of anilines is 1. The van der Waals surface area contributed by atoms with Gasteiger partial charge in [0.1, 0.15) is 0 Å². The van der Waals surface area contributed by atoms with Crippen LogP contribution in [0.5, 0.6) is 0 Å². The summed E-state index contributed by atoms with van der Waals surface area (Å²) in [5.41, 5.74) is 12.7. The smallest absolute Gasteiger partial charge is 0.188 e. The summed E-state index contributed by atoms with van der Waals surface area (Å²) in [5, 5.41) is 0.503. The lowest BCUT2D eigenvalue weighted by atomic mass is 10.0. The zero-order chi connectivity index (χ0) is 11.9. The highest BCUT2D eigenvalue weighted by Crippen LogP contribution is 2.45. The van der Waals surface area contributed by atoms with Crippen LogP contribution in [0.2, 0.25) is 5.02 Å². The molecule has 16 heavy (non-hydrogen) atoms. The number of rotatable bonds is 2. The molecule has 0 spiro atoms. The van der Waals surface area contributed by atoms with Crippen molar-refractivity contribution in [3.8, 4) is 0 Å². The minimum Gasteiger partial charge on any atom is -0.398 e. The molecule has 1 aromatic rings. The third kappa shape index (κ3) is 2.18. The Morgan fingerprint density at radius 3 is 2.56 bits per heavy atom. The van der Waals surface area contributed by atoms with Crippen molar-refractivity contribution in [1.29, 1.82) is 0 Å². The van der Waals surface area contributed by atoms with Gasteiger partial charge in [0.2, 0.25) is 0 Å². The summed E-state index contributed by atoms with van der Waals surface area (Å²) in [5.74, 6) is -0.475. The van der Waals surface area contributed by atoms with Crippen molar-refractivity contribution in [2.45, 2.75) is 12.8 Å². The van der Waals surface area contributed by atoms with Crippen molar-refractivity contribution in [1.82, 2.24) is 0 Å². The molecule has 0 radical (unpaired) electrons. The highest BCUT2D eigenvalue weighted by Gasteiger charge is 2.31. The molecule has 5 heteroatoms. The van der Waals surface area contributed by atoms with Crippen LogP contribution in [0.3, 0.4) is 0 Å². The van der Waals surface area contributed by atoms with Crippen molar-refractivity contribution in [2.75, 3.05) is 5.73 Å². The average Bonchev–Trinajstić information content (AvgIpc) is 2.97. The monoisotopic (exact) mass is 304 g/mol. The van der Waals surface area contributed by atoms with Crippen molar-refractivity contribution >= 4 is 38.8 Å². The van der Waals surface area contributed by atoms with Gasteiger partial charge in [-0.2, -0.15) is 4.39 Å². The van der Waals surface area contributed by atoms with E-state index in [1.165, 1.54) is 0 Å². The van der Waals surface area contributed by atoms with Gasteiger partial charge in [-0.15, -0.1) is 0 Å². The zero-order valence-electron chi connectivity index (χ0n) is 8.43. The van der Waals surface area contributed by atoms with E-state index in [1.54, 1.807) is 12.1 Å². The lowest BCUT2D eigenvalue weighted by Crippen LogP contribution is -2.02. The molecule has 86 valence electrons. The van der Waals surface area contributed by atoms with Gasteiger partial charge in [0, 0.05) is 21.3 Å². The molecule has 1 fully saturated rings. The number of allylic oxidation sites excluding steroid dienone is 1. The van der Waals surface area contributed by atoms with Crippen LogP contribution in [-0.4, -0.2) is 0 Å². The normalized spacial score (nSPS) is 17.2. The average molecular weight is 306 g/mol. The first-order chi connectivity index (χ1) is 7.50. The van der Waals surface area contributed by atoms with Crippen molar-refractivity contribution in [3.63, 3.8) is 0 Å². The molecule has 4 N–H and O–H groups in total. The fourth-order valence-electron chi connectivity index (χ4n) is 1.71. The molecule has 0 saturated heterocycles. The Balaban J connectivity index is 2.54. The summed E-state index contributed by atoms with van der Waals surface area (Å²) < 4.78 is 14.0. The van der Waals surface area contributed by atoms with Crippen LogP contribution >= 0.6 is 27.5 Å². The first-order valence-corrected chi connectivity index (χ1v) is 6.08. The molecule has 1 aliphatic rings. The molecule has 0 atom stereocenters. The topological polar surface area (TPSA) is 52.0 Å². The van der Waals surface area contributed by atoms with E-state index < -0.39 is 5.95 Å². The molecule has 0 aliphatic heterocycles. The van der Waals surface area contributed by atoms with Gasteiger partial charge in [0.15, 0.2) is 5.95 Å². The predicted octanol–water partition coefficient (Wildman–Crippen LogP) is 3.69. The summed E-state index contributed by atoms with van der Waals surface area (Å²) in [7, 11) is 0. The molecule has 2 rings (SSSR count). The van der Waals surface area contributed by atoms with Crippen LogP contribution in [-0.2, 0) is 0 Å². The van der Waals surface area contributed by atoms with Crippen LogP contribution < -0.4 is 11.5 Å². The molecule has 0 unspecified atom stereocenters. The Morgan fingerprint density at radius 2 is 2.06 bits per heavy atom. The molecule has 1 aromatic carbocycles. The van der Waals surface area contributed by atoms with Crippen molar-refractivity contribution < 1.29 is 4.39 Å². The van der Waals surface area contributed by atoms with Gasteiger partial charge >= 0.3 is 0 Å². The largest absolute Gasteiger partial charge is 0.398 e. The minimum atomic E-state index is -0.660. The Bertz CT molecular complexity index is 465. The van der Waals surface area contributed by atoms with Crippen LogP contribution in [0.4, 0.5) is 10.1 Å².